The monoisotopic (exact) mass is 1170 g/mol. The second kappa shape index (κ2) is 63.2. The molecule has 8 nitrogen and oxygen atoms in total. The van der Waals surface area contributed by atoms with Crippen LogP contribution in [0, 0.1) is 0 Å². The first-order valence-corrected chi connectivity index (χ1v) is 35.5. The van der Waals surface area contributed by atoms with Crippen LogP contribution in [0.15, 0.2) is 134 Å². The average molecular weight is 1170 g/mol. The Morgan fingerprint density at radius 1 is 0.434 bits per heavy atom. The molecular weight excluding hydrogens is 1040 g/mol. The number of nitrogens with zero attached hydrogens (tertiary/aromatic N) is 1. The van der Waals surface area contributed by atoms with Crippen LogP contribution in [0.25, 0.3) is 0 Å². The Balaban J connectivity index is 4.11. The summed E-state index contributed by atoms with van der Waals surface area (Å²) in [4.78, 5) is 25.6. The van der Waals surface area contributed by atoms with E-state index in [9.17, 15) is 19.4 Å². The molecule has 0 bridgehead atoms. The first kappa shape index (κ1) is 79.6. The fraction of sp³-hybridized carbons (Fsp3) is 0.689. The molecule has 3 atom stereocenters. The number of aliphatic hydroxyl groups is 1. The molecule has 83 heavy (non-hydrogen) atoms. The van der Waals surface area contributed by atoms with Gasteiger partial charge in [0.05, 0.1) is 39.9 Å². The molecule has 0 aromatic carbocycles. The maximum atomic E-state index is 13.0. The molecule has 0 fully saturated rings. The lowest BCUT2D eigenvalue weighted by molar-refractivity contribution is -0.870. The SMILES string of the molecule is CC/C=C\C/C=C\C/C=C\C/C=C\C/C=C\C/C=C\C/C=C\C/C=C\C/C=C\C/C=C\CCCCCCCCCCCCC(=O)NC(COP(=O)([O-])OCC[N+](C)(C)C)C(O)/C=C/CCCCCCCCCCCCCCCCCCCC. The van der Waals surface area contributed by atoms with E-state index in [2.05, 4.69) is 141 Å². The molecule has 1 amide bonds. The van der Waals surface area contributed by atoms with Crippen LogP contribution in [-0.2, 0) is 18.4 Å². The second-order valence-electron chi connectivity index (χ2n) is 23.8. The number of amides is 1. The first-order chi connectivity index (χ1) is 40.5. The molecule has 3 unspecified atom stereocenters. The van der Waals surface area contributed by atoms with Crippen molar-refractivity contribution in [3.05, 3.63) is 134 Å². The van der Waals surface area contributed by atoms with Gasteiger partial charge in [0, 0.05) is 6.42 Å². The number of unbranched alkanes of at least 4 members (excludes halogenated alkanes) is 28. The lowest BCUT2D eigenvalue weighted by Crippen LogP contribution is -2.45. The molecule has 0 rings (SSSR count). The summed E-state index contributed by atoms with van der Waals surface area (Å²) in [5, 5.41) is 13.9. The van der Waals surface area contributed by atoms with E-state index in [0.29, 0.717) is 17.4 Å². The van der Waals surface area contributed by atoms with Crippen molar-refractivity contribution < 1.29 is 32.9 Å². The van der Waals surface area contributed by atoms with E-state index in [1.807, 2.05) is 27.2 Å². The third kappa shape index (κ3) is 66.0. The number of rotatable bonds is 61. The summed E-state index contributed by atoms with van der Waals surface area (Å²) in [6.45, 7) is 4.54. The van der Waals surface area contributed by atoms with Crippen LogP contribution in [0.5, 0.6) is 0 Å². The average Bonchev–Trinajstić information content (AvgIpc) is 3.49. The van der Waals surface area contributed by atoms with Gasteiger partial charge in [0.1, 0.15) is 13.2 Å². The highest BCUT2D eigenvalue weighted by atomic mass is 31.2. The molecule has 0 saturated heterocycles. The summed E-state index contributed by atoms with van der Waals surface area (Å²) >= 11 is 0. The highest BCUT2D eigenvalue weighted by Crippen LogP contribution is 2.38. The maximum Gasteiger partial charge on any atom is 0.268 e. The zero-order valence-corrected chi connectivity index (χ0v) is 55.2. The number of allylic oxidation sites excluding steroid dienone is 21. The van der Waals surface area contributed by atoms with Crippen molar-refractivity contribution in [1.29, 1.82) is 0 Å². The number of likely N-dealkylation sites (N-methyl/N-ethyl adjacent to an activating group) is 1. The number of phosphoric ester groups is 1. The van der Waals surface area contributed by atoms with Crippen molar-refractivity contribution in [3.63, 3.8) is 0 Å². The molecule has 0 aliphatic rings. The number of carbonyl (C=O) groups excluding carboxylic acids is 1. The van der Waals surface area contributed by atoms with Gasteiger partial charge in [0.25, 0.3) is 7.82 Å². The van der Waals surface area contributed by atoms with Crippen molar-refractivity contribution in [2.75, 3.05) is 40.9 Å². The largest absolute Gasteiger partial charge is 0.756 e. The first-order valence-electron chi connectivity index (χ1n) is 34.0. The van der Waals surface area contributed by atoms with Crippen molar-refractivity contribution in [2.24, 2.45) is 0 Å². The van der Waals surface area contributed by atoms with Crippen molar-refractivity contribution in [2.45, 2.75) is 289 Å². The van der Waals surface area contributed by atoms with E-state index < -0.39 is 20.0 Å². The standard InChI is InChI=1S/C74H129N2O6P/c1-6-8-10-12-14-16-18-20-22-24-26-28-29-30-31-32-33-34-35-36-37-38-39-40-41-42-43-44-45-46-47-48-50-52-54-56-58-60-62-64-66-68-74(78)75-72(71-82-83(79,80)81-70-69-76(3,4)5)73(77)67-65-63-61-59-57-55-53-51-49-27-25-23-21-19-17-15-13-11-9-7-2/h8,10,14,16,20,22,26,28,30-31,33-34,36-37,39-40,42-43,45-46,65,67,72-73,77H,6-7,9,11-13,15,17-19,21,23-25,27,29,32,35,38,41,44,47-64,66,68-71H2,1-5H3,(H-,75,78,79,80)/b10-8-,16-14-,22-20-,28-26-,31-30-,34-33-,37-36-,40-39-,43-42-,46-45-,67-65+. The Morgan fingerprint density at radius 2 is 0.735 bits per heavy atom. The number of carbonyl (C=O) groups is 1. The summed E-state index contributed by atoms with van der Waals surface area (Å²) in [7, 11) is 1.25. The Bertz CT molecular complexity index is 1810. The molecule has 0 aromatic rings. The Labute approximate surface area is 513 Å². The molecule has 0 aliphatic carbocycles. The summed E-state index contributed by atoms with van der Waals surface area (Å²) in [5.74, 6) is -0.205. The topological polar surface area (TPSA) is 108 Å². The van der Waals surface area contributed by atoms with Gasteiger partial charge in [-0.05, 0) is 96.3 Å². The van der Waals surface area contributed by atoms with E-state index in [-0.39, 0.29) is 19.1 Å². The number of hydrogen-bond acceptors (Lipinski definition) is 6. The highest BCUT2D eigenvalue weighted by Gasteiger charge is 2.23. The van der Waals surface area contributed by atoms with E-state index in [1.54, 1.807) is 6.08 Å². The fourth-order valence-electron chi connectivity index (χ4n) is 9.36. The molecule has 0 saturated carbocycles. The maximum absolute atomic E-state index is 13.0. The molecular formula is C74H129N2O6P. The van der Waals surface area contributed by atoms with Gasteiger partial charge in [-0.15, -0.1) is 0 Å². The minimum atomic E-state index is -4.61. The molecule has 0 radical (unpaired) electrons. The van der Waals surface area contributed by atoms with Crippen molar-refractivity contribution in [1.82, 2.24) is 5.32 Å². The van der Waals surface area contributed by atoms with Gasteiger partial charge < -0.3 is 28.8 Å². The zero-order valence-electron chi connectivity index (χ0n) is 54.4. The quantitative estimate of drug-likeness (QED) is 0.0272. The molecule has 9 heteroatoms. The van der Waals surface area contributed by atoms with Crippen LogP contribution in [0.3, 0.4) is 0 Å². The molecule has 0 aromatic heterocycles. The Kier molecular flexibility index (Phi) is 60.6. The van der Waals surface area contributed by atoms with E-state index in [0.717, 1.165) is 109 Å². The molecule has 476 valence electrons. The van der Waals surface area contributed by atoms with Crippen LogP contribution in [0.4, 0.5) is 0 Å². The minimum absolute atomic E-state index is 0.00704. The summed E-state index contributed by atoms with van der Waals surface area (Å²) in [6.07, 6.45) is 95.5. The van der Waals surface area contributed by atoms with Gasteiger partial charge in [-0.1, -0.05) is 308 Å². The number of phosphoric acid groups is 1. The van der Waals surface area contributed by atoms with Crippen LogP contribution < -0.4 is 10.2 Å². The highest BCUT2D eigenvalue weighted by molar-refractivity contribution is 7.45. The van der Waals surface area contributed by atoms with E-state index in [4.69, 9.17) is 9.05 Å². The fourth-order valence-corrected chi connectivity index (χ4v) is 10.1. The van der Waals surface area contributed by atoms with Gasteiger partial charge in [-0.3, -0.25) is 9.36 Å². The van der Waals surface area contributed by atoms with Crippen LogP contribution in [0.1, 0.15) is 277 Å². The zero-order chi connectivity index (χ0) is 60.5. The van der Waals surface area contributed by atoms with Crippen LogP contribution in [0.2, 0.25) is 0 Å². The molecule has 0 heterocycles. The predicted molar refractivity (Wildman–Crippen MR) is 362 cm³/mol. The number of nitrogens with one attached hydrogen (secondary N) is 1. The Morgan fingerprint density at radius 3 is 1.07 bits per heavy atom. The second-order valence-corrected chi connectivity index (χ2v) is 25.2. The molecule has 2 N–H and O–H groups in total. The summed E-state index contributed by atoms with van der Waals surface area (Å²) in [5.41, 5.74) is 0. The van der Waals surface area contributed by atoms with Crippen molar-refractivity contribution in [3.8, 4) is 0 Å². The van der Waals surface area contributed by atoms with E-state index >= 15 is 0 Å². The smallest absolute Gasteiger partial charge is 0.268 e. The normalized spacial score (nSPS) is 14.5. The minimum Gasteiger partial charge on any atom is -0.756 e. The summed E-state index contributed by atoms with van der Waals surface area (Å²) in [6, 6.07) is -0.898. The number of quaternary nitrogens is 1. The number of aliphatic hydroxyl groups excluding tert-OH is 1. The lowest BCUT2D eigenvalue weighted by atomic mass is 10.0. The van der Waals surface area contributed by atoms with Crippen molar-refractivity contribution >= 4 is 13.7 Å². The number of hydrogen-bond donors (Lipinski definition) is 2. The van der Waals surface area contributed by atoms with Gasteiger partial charge in [-0.2, -0.15) is 0 Å². The van der Waals surface area contributed by atoms with Crippen LogP contribution >= 0.6 is 7.82 Å². The third-order valence-electron chi connectivity index (χ3n) is 14.6. The molecule has 0 aliphatic heterocycles. The Hall–Kier alpha value is -3.36. The summed E-state index contributed by atoms with van der Waals surface area (Å²) < 4.78 is 23.4. The van der Waals surface area contributed by atoms with E-state index in [1.165, 1.54) is 148 Å². The predicted octanol–water partition coefficient (Wildman–Crippen LogP) is 21.2. The van der Waals surface area contributed by atoms with Gasteiger partial charge in [0.2, 0.25) is 5.91 Å². The lowest BCUT2D eigenvalue weighted by Gasteiger charge is -2.29. The van der Waals surface area contributed by atoms with Gasteiger partial charge >= 0.3 is 0 Å². The third-order valence-corrected chi connectivity index (χ3v) is 15.6. The van der Waals surface area contributed by atoms with Gasteiger partial charge in [0.15, 0.2) is 0 Å². The van der Waals surface area contributed by atoms with Crippen LogP contribution in [-0.4, -0.2) is 68.5 Å². The van der Waals surface area contributed by atoms with Gasteiger partial charge in [-0.25, -0.2) is 0 Å². The molecule has 0 spiro atoms.